The molecule has 0 radical (unpaired) electrons. The third kappa shape index (κ3) is 2.26. The number of aryl methyl sites for hydroxylation is 1. The Bertz CT molecular complexity index is 487. The minimum atomic E-state index is 0.675. The van der Waals surface area contributed by atoms with Crippen molar-refractivity contribution < 1.29 is 0 Å². The topological polar surface area (TPSA) is 26.0 Å². The summed E-state index contributed by atoms with van der Waals surface area (Å²) in [5.74, 6) is 4.53. The molecule has 0 unspecified atom stereocenters. The van der Waals surface area contributed by atoms with Crippen molar-refractivity contribution in [3.8, 4) is 0 Å². The van der Waals surface area contributed by atoms with Gasteiger partial charge < -0.3 is 5.73 Å². The van der Waals surface area contributed by atoms with E-state index in [9.17, 15) is 0 Å². The summed E-state index contributed by atoms with van der Waals surface area (Å²) in [5.41, 5.74) is 8.74. The van der Waals surface area contributed by atoms with E-state index in [-0.39, 0.29) is 0 Å². The normalized spacial score (nSPS) is 38.4. The minimum absolute atomic E-state index is 0.675. The van der Waals surface area contributed by atoms with Crippen molar-refractivity contribution in [3.05, 3.63) is 23.8 Å². The van der Waals surface area contributed by atoms with Gasteiger partial charge in [-0.05, 0) is 92.4 Å². The summed E-state index contributed by atoms with van der Waals surface area (Å²) in [5, 5.41) is 0. The van der Waals surface area contributed by atoms with Gasteiger partial charge in [0.2, 0.25) is 0 Å². The SMILES string of the molecule is Cc1cc(SCC23CC4CC(CC(C4)C2)C3)ccc1N. The predicted octanol–water partition coefficient (Wildman–Crippen LogP) is 4.89. The molecule has 4 saturated carbocycles. The molecule has 0 heterocycles. The van der Waals surface area contributed by atoms with E-state index in [1.54, 1.807) is 19.3 Å². The molecular weight excluding hydrogens is 262 g/mol. The lowest BCUT2D eigenvalue weighted by Crippen LogP contribution is -2.47. The Kier molecular flexibility index (Phi) is 3.06. The molecule has 20 heavy (non-hydrogen) atoms. The summed E-state index contributed by atoms with van der Waals surface area (Å²) < 4.78 is 0. The number of rotatable bonds is 3. The van der Waals surface area contributed by atoms with Crippen LogP contribution in [0.1, 0.15) is 44.1 Å². The van der Waals surface area contributed by atoms with Crippen LogP contribution in [0.2, 0.25) is 0 Å². The zero-order valence-electron chi connectivity index (χ0n) is 12.4. The van der Waals surface area contributed by atoms with Crippen LogP contribution in [-0.2, 0) is 0 Å². The van der Waals surface area contributed by atoms with Crippen molar-refractivity contribution in [3.63, 3.8) is 0 Å². The quantitative estimate of drug-likeness (QED) is 0.633. The van der Waals surface area contributed by atoms with Crippen LogP contribution in [0.25, 0.3) is 0 Å². The summed E-state index contributed by atoms with van der Waals surface area (Å²) in [6.07, 6.45) is 9.18. The monoisotopic (exact) mass is 287 g/mol. The minimum Gasteiger partial charge on any atom is -0.399 e. The van der Waals surface area contributed by atoms with Gasteiger partial charge in [-0.2, -0.15) is 0 Å². The lowest BCUT2D eigenvalue weighted by atomic mass is 9.50. The van der Waals surface area contributed by atoms with Gasteiger partial charge in [-0.25, -0.2) is 0 Å². The lowest BCUT2D eigenvalue weighted by Gasteiger charge is -2.56. The summed E-state index contributed by atoms with van der Waals surface area (Å²) in [6, 6.07) is 6.53. The second-order valence-corrected chi connectivity index (χ2v) is 8.77. The van der Waals surface area contributed by atoms with Crippen LogP contribution in [0.3, 0.4) is 0 Å². The number of nitrogens with two attached hydrogens (primary N) is 1. The third-order valence-electron chi connectivity index (χ3n) is 5.95. The van der Waals surface area contributed by atoms with Gasteiger partial charge in [0.05, 0.1) is 0 Å². The van der Waals surface area contributed by atoms with Crippen LogP contribution in [0.4, 0.5) is 5.69 Å². The number of hydrogen-bond donors (Lipinski definition) is 1. The van der Waals surface area contributed by atoms with Crippen LogP contribution in [0, 0.1) is 30.1 Å². The molecule has 0 aliphatic heterocycles. The van der Waals surface area contributed by atoms with Crippen LogP contribution in [0.5, 0.6) is 0 Å². The molecule has 2 N–H and O–H groups in total. The molecule has 1 aromatic rings. The van der Waals surface area contributed by atoms with Gasteiger partial charge in [0.1, 0.15) is 0 Å². The second-order valence-electron chi connectivity index (χ2n) is 7.72. The molecule has 1 nitrogen and oxygen atoms in total. The Hall–Kier alpha value is -0.630. The molecule has 0 saturated heterocycles. The molecule has 4 bridgehead atoms. The van der Waals surface area contributed by atoms with Crippen molar-refractivity contribution in [2.45, 2.75) is 50.3 Å². The number of thioether (sulfide) groups is 1. The van der Waals surface area contributed by atoms with E-state index in [2.05, 4.69) is 36.9 Å². The fraction of sp³-hybridized carbons (Fsp3) is 0.667. The standard InChI is InChI=1S/C18H25NS/c1-12-4-16(2-3-17(12)19)20-11-18-8-13-5-14(9-18)7-15(6-13)10-18/h2-4,13-15H,5-11,19H2,1H3. The van der Waals surface area contributed by atoms with Gasteiger partial charge in [-0.1, -0.05) is 0 Å². The maximum atomic E-state index is 5.92. The predicted molar refractivity (Wildman–Crippen MR) is 86.9 cm³/mol. The summed E-state index contributed by atoms with van der Waals surface area (Å²) in [7, 11) is 0. The van der Waals surface area contributed by atoms with Crippen molar-refractivity contribution in [1.29, 1.82) is 0 Å². The maximum Gasteiger partial charge on any atom is 0.0344 e. The van der Waals surface area contributed by atoms with Gasteiger partial charge in [-0.3, -0.25) is 0 Å². The van der Waals surface area contributed by atoms with E-state index >= 15 is 0 Å². The lowest BCUT2D eigenvalue weighted by molar-refractivity contribution is -0.0381. The average molecular weight is 287 g/mol. The molecule has 5 rings (SSSR count). The maximum absolute atomic E-state index is 5.92. The van der Waals surface area contributed by atoms with Crippen LogP contribution >= 0.6 is 11.8 Å². The van der Waals surface area contributed by atoms with Crippen molar-refractivity contribution in [2.24, 2.45) is 23.2 Å². The van der Waals surface area contributed by atoms with Gasteiger partial charge in [0.25, 0.3) is 0 Å². The number of nitrogen functional groups attached to an aromatic ring is 1. The largest absolute Gasteiger partial charge is 0.399 e. The van der Waals surface area contributed by atoms with Crippen molar-refractivity contribution in [2.75, 3.05) is 11.5 Å². The third-order valence-corrected chi connectivity index (χ3v) is 7.30. The highest BCUT2D eigenvalue weighted by Crippen LogP contribution is 2.61. The Labute approximate surface area is 126 Å². The average Bonchev–Trinajstić information content (AvgIpc) is 2.39. The van der Waals surface area contributed by atoms with E-state index in [4.69, 9.17) is 5.73 Å². The molecule has 4 aliphatic rings. The highest BCUT2D eigenvalue weighted by atomic mass is 32.2. The zero-order valence-corrected chi connectivity index (χ0v) is 13.2. The van der Waals surface area contributed by atoms with Crippen molar-refractivity contribution in [1.82, 2.24) is 0 Å². The molecule has 0 atom stereocenters. The smallest absolute Gasteiger partial charge is 0.0344 e. The summed E-state index contributed by atoms with van der Waals surface area (Å²) in [6.45, 7) is 2.12. The summed E-state index contributed by atoms with van der Waals surface area (Å²) in [4.78, 5) is 1.41. The molecule has 4 aliphatic carbocycles. The van der Waals surface area contributed by atoms with E-state index in [0.717, 1.165) is 23.4 Å². The molecule has 0 spiro atoms. The van der Waals surface area contributed by atoms with Crippen LogP contribution < -0.4 is 5.73 Å². The molecule has 108 valence electrons. The Morgan fingerprint density at radius 3 is 2.25 bits per heavy atom. The Morgan fingerprint density at radius 1 is 1.10 bits per heavy atom. The first-order chi connectivity index (χ1) is 9.62. The molecular formula is C18H25NS. The van der Waals surface area contributed by atoms with Gasteiger partial charge >= 0.3 is 0 Å². The summed E-state index contributed by atoms with van der Waals surface area (Å²) >= 11 is 2.08. The second kappa shape index (κ2) is 4.69. The molecule has 0 amide bonds. The Morgan fingerprint density at radius 2 is 1.70 bits per heavy atom. The van der Waals surface area contributed by atoms with Gasteiger partial charge in [-0.15, -0.1) is 11.8 Å². The molecule has 0 aromatic heterocycles. The first kappa shape index (κ1) is 13.1. The van der Waals surface area contributed by atoms with Crippen LogP contribution in [-0.4, -0.2) is 5.75 Å². The van der Waals surface area contributed by atoms with Gasteiger partial charge in [0, 0.05) is 16.3 Å². The molecule has 4 fully saturated rings. The van der Waals surface area contributed by atoms with Crippen molar-refractivity contribution >= 4 is 17.4 Å². The Balaban J connectivity index is 1.47. The van der Waals surface area contributed by atoms with Crippen LogP contribution in [0.15, 0.2) is 23.1 Å². The van der Waals surface area contributed by atoms with Gasteiger partial charge in [0.15, 0.2) is 0 Å². The molecule has 1 aromatic carbocycles. The fourth-order valence-electron chi connectivity index (χ4n) is 5.44. The number of hydrogen-bond acceptors (Lipinski definition) is 2. The number of benzene rings is 1. The number of anilines is 1. The highest BCUT2D eigenvalue weighted by Gasteiger charge is 2.50. The zero-order chi connectivity index (χ0) is 13.7. The first-order valence-electron chi connectivity index (χ1n) is 8.11. The highest BCUT2D eigenvalue weighted by molar-refractivity contribution is 7.99. The fourth-order valence-corrected chi connectivity index (χ4v) is 6.69. The van der Waals surface area contributed by atoms with E-state index < -0.39 is 0 Å². The van der Waals surface area contributed by atoms with E-state index in [1.807, 2.05) is 0 Å². The first-order valence-corrected chi connectivity index (χ1v) is 9.09. The molecule has 2 heteroatoms. The van der Waals surface area contributed by atoms with E-state index in [0.29, 0.717) is 5.41 Å². The van der Waals surface area contributed by atoms with E-state index in [1.165, 1.54) is 35.5 Å².